The van der Waals surface area contributed by atoms with Gasteiger partial charge in [-0.25, -0.2) is 18.2 Å². The summed E-state index contributed by atoms with van der Waals surface area (Å²) < 4.78 is 147. The summed E-state index contributed by atoms with van der Waals surface area (Å²) in [4.78, 5) is 51.7. The Morgan fingerprint density at radius 1 is 0.467 bits per heavy atom. The van der Waals surface area contributed by atoms with Crippen LogP contribution in [0.3, 0.4) is 0 Å². The fraction of sp³-hybridized carbons (Fsp3) is 0.882. The number of hydrogen-bond donors (Lipinski definition) is 0. The number of ether oxygens (including phenoxy) is 3. The van der Waals surface area contributed by atoms with Crippen molar-refractivity contribution in [2.75, 3.05) is 166 Å². The molecule has 2 amide bonds. The Hall–Kier alpha value is -1.91. The Kier molecular flexibility index (Phi) is 86.5. The fourth-order valence-corrected chi connectivity index (χ4v) is 33.6. The predicted molar refractivity (Wildman–Crippen MR) is 548 cm³/mol. The number of carbonyl (C=O) groups excluding carboxylic acids is 4. The first kappa shape index (κ1) is 135. The minimum Gasteiger partial charge on any atom is -0.418 e. The van der Waals surface area contributed by atoms with Crippen LogP contribution in [-0.4, -0.2) is 283 Å². The van der Waals surface area contributed by atoms with Crippen LogP contribution in [0, 0.1) is 16.6 Å². The molecule has 0 N–H and O–H groups in total. The lowest BCUT2D eigenvalue weighted by atomic mass is 9.88. The number of fused-ring (bicyclic) bond motifs is 1. The molecular formula is C93H186ClN3O29S2Si7. The SMILES string of the molecule is CCO[Si](C)(C)CCCCCCCCCCCON1C(=O)CCC1=O.CCO[Si](CCCCCCCCCCC=O)(OCC)OCC.CCO[Si](CCCN=C=O)(OCC)OCC.CCO[Si](CCCOCC1CO1)(OCC)OCC.CCO[Si](CCCSC#N)(OCC)OCC.CCO[Si](CCc1ccc(S(=O)(=O)Cl)cc1)(OCC)OCC.CO[Si](CCC1CCC2OC2C1)(OC)OC. The van der Waals surface area contributed by atoms with Gasteiger partial charge in [0.2, 0.25) is 6.08 Å². The number of hydrogen-bond acceptors (Lipinski definition) is 32. The average Bonchev–Trinajstić information content (AvgIpc) is 1.64. The second kappa shape index (κ2) is 86.4. The number of aldehydes is 1. The van der Waals surface area contributed by atoms with Gasteiger partial charge in [0, 0.05) is 206 Å². The Labute approximate surface area is 833 Å². The number of nitrogens with zero attached hydrogens (tertiary/aromatic N) is 3. The minimum atomic E-state index is -3.68. The number of rotatable bonds is 80. The number of nitriles is 1. The summed E-state index contributed by atoms with van der Waals surface area (Å²) in [6.07, 6.45) is 34.1. The third kappa shape index (κ3) is 67.4. The van der Waals surface area contributed by atoms with E-state index >= 15 is 0 Å². The minimum absolute atomic E-state index is 0.0980. The van der Waals surface area contributed by atoms with Gasteiger partial charge in [0.25, 0.3) is 20.9 Å². The maximum absolute atomic E-state index is 11.4. The Morgan fingerprint density at radius 2 is 0.837 bits per heavy atom. The normalized spacial score (nSPS) is 16.0. The molecule has 0 bridgehead atoms. The van der Waals surface area contributed by atoms with Crippen molar-refractivity contribution in [2.45, 2.75) is 369 Å². The number of benzene rings is 1. The molecule has 3 aliphatic heterocycles. The van der Waals surface area contributed by atoms with Crippen molar-refractivity contribution in [1.29, 1.82) is 5.26 Å². The van der Waals surface area contributed by atoms with E-state index in [0.29, 0.717) is 175 Å². The lowest BCUT2D eigenvalue weighted by Gasteiger charge is -2.28. The molecule has 1 aliphatic carbocycles. The van der Waals surface area contributed by atoms with Crippen molar-refractivity contribution in [1.82, 2.24) is 5.06 Å². The summed E-state index contributed by atoms with van der Waals surface area (Å²) in [6.45, 7) is 49.1. The van der Waals surface area contributed by atoms with E-state index in [4.69, 9.17) is 119 Å². The van der Waals surface area contributed by atoms with Gasteiger partial charge in [0.15, 0.2) is 8.32 Å². The first-order valence-corrected chi connectivity index (χ1v) is 68.8. The van der Waals surface area contributed by atoms with E-state index in [1.54, 1.807) is 33.5 Å². The highest BCUT2D eigenvalue weighted by Gasteiger charge is 2.47. The van der Waals surface area contributed by atoms with Crippen LogP contribution in [0.15, 0.2) is 34.2 Å². The predicted octanol–water partition coefficient (Wildman–Crippen LogP) is 20.8. The molecule has 1 saturated carbocycles. The summed E-state index contributed by atoms with van der Waals surface area (Å²) in [7, 11) is -9.62. The molecule has 4 aliphatic rings. The molecule has 4 fully saturated rings. The molecule has 0 spiro atoms. The van der Waals surface area contributed by atoms with E-state index in [9.17, 15) is 27.6 Å². The third-order valence-electron chi connectivity index (χ3n) is 21.6. The number of thiocyanates is 1. The number of thioether (sulfide) groups is 1. The zero-order valence-electron chi connectivity index (χ0n) is 87.4. The summed E-state index contributed by atoms with van der Waals surface area (Å²) in [6, 6.07) is 12.6. The number of hydroxylamine groups is 2. The number of amides is 2. The molecule has 1 aromatic carbocycles. The van der Waals surface area contributed by atoms with Gasteiger partial charge in [-0.2, -0.15) is 10.3 Å². The lowest BCUT2D eigenvalue weighted by Crippen LogP contribution is -2.46. The van der Waals surface area contributed by atoms with Crippen molar-refractivity contribution in [3.63, 3.8) is 0 Å². The number of halogens is 1. The van der Waals surface area contributed by atoms with Gasteiger partial charge in [-0.3, -0.25) is 14.4 Å². The number of imide groups is 1. The van der Waals surface area contributed by atoms with E-state index in [-0.39, 0.29) is 16.7 Å². The number of epoxide rings is 2. The van der Waals surface area contributed by atoms with E-state index in [1.807, 2.05) is 104 Å². The molecule has 3 saturated heterocycles. The quantitative estimate of drug-likeness (QED) is 0.00673. The van der Waals surface area contributed by atoms with E-state index < -0.39 is 70.2 Å². The maximum atomic E-state index is 11.4. The summed E-state index contributed by atoms with van der Waals surface area (Å²) in [5, 5.41) is 11.5. The number of unbranched alkanes of at least 4 members (excludes halogenated alkanes) is 16. The van der Waals surface area contributed by atoms with Crippen LogP contribution in [0.25, 0.3) is 0 Å². The van der Waals surface area contributed by atoms with Crippen molar-refractivity contribution in [3.8, 4) is 5.40 Å². The van der Waals surface area contributed by atoms with Gasteiger partial charge in [0.05, 0.1) is 43.5 Å². The van der Waals surface area contributed by atoms with Gasteiger partial charge in [0.1, 0.15) is 17.8 Å². The Morgan fingerprint density at radius 3 is 1.21 bits per heavy atom. The number of carbonyl (C=O) groups is 3. The van der Waals surface area contributed by atoms with Gasteiger partial charge in [-0.1, -0.05) is 102 Å². The first-order valence-electron chi connectivity index (χ1n) is 50.8. The number of isocyanates is 1. The Bertz CT molecular complexity index is 3080. The molecule has 32 nitrogen and oxygen atoms in total. The standard InChI is InChI=1S/C19H37NO4Si.C17H36O4Si.C14H23ClO5SSi.C12H26O5Si.C11H22O4Si.C10H21NO4Si.C10H21NO3SSi/c1-4-24-25(2,3)17-13-11-9-7-5-6-8-10-12-16-23-20-18(21)14-15-19(20)22;1-4-19-22(20-5-2,21-6-3)17-15-13-11-9-7-8-10-12-14-16-18;1-4-18-22(19-5-2,20-6-3)12-11-13-7-9-14(10-8-13)21(15,16)17;1-4-15-18(16-5-2,17-6-3)9-7-8-13-10-12-11-14-12;1-12-16(13-2,14-3)7-6-9-4-5-10-11(8-9)15-10;1-4-13-16(14-5-2,15-6-3)9-7-8-11-10-12;1-4-12-16(13-5-2,14-6-3)9-7-8-15-10-11/h4-17H2,1-3H3;16H,4-15,17H2,1-3H3;7-10H,4-6,11-12H2,1-3H3;12H,4-11H2,1-3H3;9-11H,4-8H2,1-3H3;2*4-9H2,1-3H3. The topological polar surface area (TPSA) is 361 Å². The van der Waals surface area contributed by atoms with Crippen molar-refractivity contribution in [2.24, 2.45) is 10.9 Å². The molecule has 3 heterocycles. The average molecular weight is 2110 g/mol. The summed E-state index contributed by atoms with van der Waals surface area (Å²) in [5.74, 6) is 1.17. The molecule has 4 atom stereocenters. The number of aryl methyl sites for hydroxylation is 1. The molecule has 5 rings (SSSR count). The van der Waals surface area contributed by atoms with Crippen LogP contribution >= 0.6 is 22.4 Å². The van der Waals surface area contributed by atoms with Crippen molar-refractivity contribution >= 4 is 117 Å². The Balaban J connectivity index is 0. The fourth-order valence-electron chi connectivity index (χ4n) is 15.2. The van der Waals surface area contributed by atoms with E-state index in [1.165, 1.54) is 139 Å². The molecule has 42 heteroatoms. The maximum Gasteiger partial charge on any atom is 0.501 e. The van der Waals surface area contributed by atoms with Crippen LogP contribution < -0.4 is 0 Å². The molecule has 0 aromatic heterocycles. The lowest BCUT2D eigenvalue weighted by molar-refractivity contribution is -0.187. The molecule has 0 radical (unpaired) electrons. The van der Waals surface area contributed by atoms with Gasteiger partial charge in [-0.05, 0) is 236 Å². The van der Waals surface area contributed by atoms with Crippen LogP contribution in [0.4, 0.5) is 0 Å². The summed E-state index contributed by atoms with van der Waals surface area (Å²) in [5.41, 5.74) is 0.986. The number of aliphatic imine (C=N–C) groups is 1. The van der Waals surface area contributed by atoms with Gasteiger partial charge in [-0.15, -0.1) is 0 Å². The monoisotopic (exact) mass is 2100 g/mol. The second-order valence-electron chi connectivity index (χ2n) is 32.5. The molecule has 794 valence electrons. The van der Waals surface area contributed by atoms with Gasteiger partial charge < -0.3 is 103 Å². The highest BCUT2D eigenvalue weighted by atomic mass is 35.7. The second-order valence-corrected chi connectivity index (χ2v) is 57.0. The van der Waals surface area contributed by atoms with Crippen molar-refractivity contribution < 1.29 is 131 Å². The third-order valence-corrected chi connectivity index (χ3v) is 44.7. The molecule has 135 heavy (non-hydrogen) atoms. The zero-order valence-corrected chi connectivity index (χ0v) is 96.8. The van der Waals surface area contributed by atoms with E-state index in [2.05, 4.69) is 30.4 Å². The molecular weight excluding hydrogens is 1920 g/mol. The molecule has 4 unspecified atom stereocenters. The summed E-state index contributed by atoms with van der Waals surface area (Å²) >= 11 is 1.26. The van der Waals surface area contributed by atoms with Gasteiger partial charge >= 0.3 is 52.8 Å². The van der Waals surface area contributed by atoms with E-state index in [0.717, 1.165) is 124 Å². The zero-order chi connectivity index (χ0) is 101. The van der Waals surface area contributed by atoms with Crippen LogP contribution in [0.1, 0.15) is 290 Å². The smallest absolute Gasteiger partial charge is 0.418 e. The largest absolute Gasteiger partial charge is 0.501 e. The highest BCUT2D eigenvalue weighted by Crippen LogP contribution is 2.42. The first-order chi connectivity index (χ1) is 65.0. The molecule has 1 aromatic rings. The van der Waals surface area contributed by atoms with Crippen LogP contribution in [0.2, 0.25) is 55.4 Å². The van der Waals surface area contributed by atoms with Crippen LogP contribution in [0.5, 0.6) is 0 Å². The van der Waals surface area contributed by atoms with Crippen molar-refractivity contribution in [3.05, 3.63) is 29.8 Å². The highest BCUT2D eigenvalue weighted by molar-refractivity contribution is 8.13. The van der Waals surface area contributed by atoms with Crippen LogP contribution in [-0.2, 0) is 138 Å².